The summed E-state index contributed by atoms with van der Waals surface area (Å²) >= 11 is 15.4. The summed E-state index contributed by atoms with van der Waals surface area (Å²) in [6.45, 7) is 0. The van der Waals surface area contributed by atoms with Crippen molar-refractivity contribution >= 4 is 39.1 Å². The Balaban J connectivity index is 2.55. The van der Waals surface area contributed by atoms with Gasteiger partial charge in [0.2, 0.25) is 0 Å². The average molecular weight is 316 g/mol. The lowest BCUT2D eigenvalue weighted by Gasteiger charge is -2.08. The predicted octanol–water partition coefficient (Wildman–Crippen LogP) is 5.51. The number of halogens is 3. The zero-order valence-electron chi connectivity index (χ0n) is 8.38. The highest BCUT2D eigenvalue weighted by Crippen LogP contribution is 2.29. The van der Waals surface area contributed by atoms with Crippen LogP contribution in [0, 0.1) is 0 Å². The number of benzene rings is 2. The van der Waals surface area contributed by atoms with E-state index in [0.717, 1.165) is 26.2 Å². The molecule has 2 rings (SSSR count). The Bertz CT molecular complexity index is 509. The van der Waals surface area contributed by atoms with Crippen LogP contribution in [-0.4, -0.2) is 0 Å². The first-order valence-corrected chi connectivity index (χ1v) is 6.51. The molecule has 0 bridgehead atoms. The number of hydrogen-bond donors (Lipinski definition) is 0. The van der Waals surface area contributed by atoms with Crippen LogP contribution in [0.15, 0.2) is 46.9 Å². The summed E-state index contributed by atoms with van der Waals surface area (Å²) in [5.41, 5.74) is 3.31. The minimum atomic E-state index is 0.487. The second-order valence-electron chi connectivity index (χ2n) is 3.45. The molecule has 0 unspecified atom stereocenters. The molecule has 0 heterocycles. The molecule has 16 heavy (non-hydrogen) atoms. The lowest BCUT2D eigenvalue weighted by molar-refractivity contribution is 1.38. The van der Waals surface area contributed by atoms with E-state index in [9.17, 15) is 0 Å². The number of hydrogen-bond acceptors (Lipinski definition) is 0. The molecule has 0 aromatic heterocycles. The highest BCUT2D eigenvalue weighted by atomic mass is 79.9. The molecule has 0 spiro atoms. The van der Waals surface area contributed by atoms with E-state index in [2.05, 4.69) is 15.9 Å². The van der Waals surface area contributed by atoms with Crippen LogP contribution in [0.2, 0.25) is 5.02 Å². The molecule has 82 valence electrons. The Morgan fingerprint density at radius 1 is 1.06 bits per heavy atom. The maximum absolute atomic E-state index is 5.98. The molecule has 2 aromatic rings. The lowest BCUT2D eigenvalue weighted by atomic mass is 10.0. The van der Waals surface area contributed by atoms with Crippen LogP contribution in [0.3, 0.4) is 0 Å². The fourth-order valence-electron chi connectivity index (χ4n) is 1.61. The molecule has 0 aliphatic carbocycles. The van der Waals surface area contributed by atoms with E-state index in [-0.39, 0.29) is 0 Å². The molecular formula is C13H9BrCl2. The van der Waals surface area contributed by atoms with Gasteiger partial charge in [-0.3, -0.25) is 0 Å². The van der Waals surface area contributed by atoms with Gasteiger partial charge in [0.1, 0.15) is 0 Å². The lowest BCUT2D eigenvalue weighted by Crippen LogP contribution is -1.86. The maximum Gasteiger partial charge on any atom is 0.0480 e. The summed E-state index contributed by atoms with van der Waals surface area (Å²) < 4.78 is 1.04. The fourth-order valence-corrected chi connectivity index (χ4v) is 2.43. The smallest absolute Gasteiger partial charge is 0.0480 e. The minimum absolute atomic E-state index is 0.487. The van der Waals surface area contributed by atoms with E-state index in [1.165, 1.54) is 0 Å². The fraction of sp³-hybridized carbons (Fsp3) is 0.0769. The summed E-state index contributed by atoms with van der Waals surface area (Å²) in [5, 5.41) is 0.737. The Hall–Kier alpha value is -0.500. The first-order chi connectivity index (χ1) is 7.70. The van der Waals surface area contributed by atoms with Crippen molar-refractivity contribution < 1.29 is 0 Å². The molecule has 0 N–H and O–H groups in total. The Morgan fingerprint density at radius 2 is 1.88 bits per heavy atom. The van der Waals surface area contributed by atoms with Gasteiger partial charge in [-0.15, -0.1) is 11.6 Å². The molecule has 3 heteroatoms. The molecule has 0 atom stereocenters. The summed E-state index contributed by atoms with van der Waals surface area (Å²) in [6.07, 6.45) is 0. The Kier molecular flexibility index (Phi) is 3.91. The minimum Gasteiger partial charge on any atom is -0.122 e. The number of alkyl halides is 1. The molecule has 0 fully saturated rings. The summed E-state index contributed by atoms with van der Waals surface area (Å²) in [6, 6.07) is 13.9. The largest absolute Gasteiger partial charge is 0.122 e. The van der Waals surface area contributed by atoms with Crippen LogP contribution in [0.4, 0.5) is 0 Å². The van der Waals surface area contributed by atoms with Gasteiger partial charge >= 0.3 is 0 Å². The SMILES string of the molecule is ClCc1cc(Br)ccc1-c1cccc(Cl)c1. The molecule has 0 saturated carbocycles. The molecule has 0 aliphatic rings. The van der Waals surface area contributed by atoms with Crippen molar-refractivity contribution in [2.45, 2.75) is 5.88 Å². The van der Waals surface area contributed by atoms with Gasteiger partial charge in [-0.1, -0.05) is 45.7 Å². The number of rotatable bonds is 2. The predicted molar refractivity (Wildman–Crippen MR) is 74.1 cm³/mol. The maximum atomic E-state index is 5.98. The van der Waals surface area contributed by atoms with Gasteiger partial charge in [0.25, 0.3) is 0 Å². The van der Waals surface area contributed by atoms with E-state index >= 15 is 0 Å². The van der Waals surface area contributed by atoms with Crippen molar-refractivity contribution in [2.24, 2.45) is 0 Å². The first kappa shape index (κ1) is 12.0. The van der Waals surface area contributed by atoms with Gasteiger partial charge < -0.3 is 0 Å². The zero-order chi connectivity index (χ0) is 11.5. The van der Waals surface area contributed by atoms with Crippen molar-refractivity contribution in [3.8, 4) is 11.1 Å². The van der Waals surface area contributed by atoms with Crippen LogP contribution < -0.4 is 0 Å². The molecule has 0 radical (unpaired) electrons. The van der Waals surface area contributed by atoms with Crippen molar-refractivity contribution in [1.29, 1.82) is 0 Å². The van der Waals surface area contributed by atoms with E-state index < -0.39 is 0 Å². The zero-order valence-corrected chi connectivity index (χ0v) is 11.5. The van der Waals surface area contributed by atoms with E-state index in [4.69, 9.17) is 23.2 Å². The second-order valence-corrected chi connectivity index (χ2v) is 5.06. The van der Waals surface area contributed by atoms with Gasteiger partial charge in [0, 0.05) is 15.4 Å². The van der Waals surface area contributed by atoms with Crippen molar-refractivity contribution in [1.82, 2.24) is 0 Å². The molecule has 0 amide bonds. The second kappa shape index (κ2) is 5.22. The van der Waals surface area contributed by atoms with Gasteiger partial charge in [-0.2, -0.15) is 0 Å². The Labute approximate surface area is 113 Å². The van der Waals surface area contributed by atoms with Gasteiger partial charge in [0.15, 0.2) is 0 Å². The van der Waals surface area contributed by atoms with Gasteiger partial charge in [-0.25, -0.2) is 0 Å². The highest BCUT2D eigenvalue weighted by Gasteiger charge is 2.05. The van der Waals surface area contributed by atoms with Crippen LogP contribution >= 0.6 is 39.1 Å². The van der Waals surface area contributed by atoms with E-state index in [0.29, 0.717) is 5.88 Å². The van der Waals surface area contributed by atoms with Gasteiger partial charge in [-0.05, 0) is 41.0 Å². The van der Waals surface area contributed by atoms with E-state index in [1.54, 1.807) is 0 Å². The van der Waals surface area contributed by atoms with Crippen LogP contribution in [-0.2, 0) is 5.88 Å². The molecule has 0 saturated heterocycles. The van der Waals surface area contributed by atoms with Crippen LogP contribution in [0.25, 0.3) is 11.1 Å². The topological polar surface area (TPSA) is 0 Å². The van der Waals surface area contributed by atoms with Crippen molar-refractivity contribution in [3.05, 3.63) is 57.5 Å². The summed E-state index contributed by atoms with van der Waals surface area (Å²) in [7, 11) is 0. The Morgan fingerprint density at radius 3 is 2.56 bits per heavy atom. The third-order valence-electron chi connectivity index (χ3n) is 2.35. The van der Waals surface area contributed by atoms with Crippen molar-refractivity contribution in [2.75, 3.05) is 0 Å². The molecule has 2 aromatic carbocycles. The summed E-state index contributed by atoms with van der Waals surface area (Å²) in [4.78, 5) is 0. The van der Waals surface area contributed by atoms with Crippen LogP contribution in [0.1, 0.15) is 5.56 Å². The first-order valence-electron chi connectivity index (χ1n) is 4.81. The summed E-state index contributed by atoms with van der Waals surface area (Å²) in [5.74, 6) is 0.487. The molecule has 0 aliphatic heterocycles. The monoisotopic (exact) mass is 314 g/mol. The third kappa shape index (κ3) is 2.60. The van der Waals surface area contributed by atoms with E-state index in [1.807, 2.05) is 42.5 Å². The van der Waals surface area contributed by atoms with Crippen LogP contribution in [0.5, 0.6) is 0 Å². The average Bonchev–Trinajstić information content (AvgIpc) is 2.28. The van der Waals surface area contributed by atoms with Crippen molar-refractivity contribution in [3.63, 3.8) is 0 Å². The molecular weight excluding hydrogens is 307 g/mol. The van der Waals surface area contributed by atoms with Gasteiger partial charge in [0.05, 0.1) is 0 Å². The quantitative estimate of drug-likeness (QED) is 0.641. The standard InChI is InChI=1S/C13H9BrCl2/c14-11-4-5-13(10(6-11)8-15)9-2-1-3-12(16)7-9/h1-7H,8H2. The molecule has 0 nitrogen and oxygen atoms in total. The third-order valence-corrected chi connectivity index (χ3v) is 3.36. The normalized spacial score (nSPS) is 10.4. The highest BCUT2D eigenvalue weighted by molar-refractivity contribution is 9.10.